The molecule has 1 fully saturated rings. The molecule has 2 unspecified atom stereocenters. The Balaban J connectivity index is 2.04. The molecule has 1 aliphatic rings. The highest BCUT2D eigenvalue weighted by Gasteiger charge is 2.26. The fraction of sp³-hybridized carbons (Fsp3) is 0.462. The fourth-order valence-corrected chi connectivity index (χ4v) is 3.07. The van der Waals surface area contributed by atoms with Crippen molar-refractivity contribution in [3.05, 3.63) is 35.1 Å². The first kappa shape index (κ1) is 14.4. The van der Waals surface area contributed by atoms with Crippen molar-refractivity contribution in [3.63, 3.8) is 0 Å². The van der Waals surface area contributed by atoms with Gasteiger partial charge in [-0.05, 0) is 18.8 Å². The van der Waals surface area contributed by atoms with Crippen molar-refractivity contribution in [1.82, 2.24) is 5.32 Å². The molecule has 6 heteroatoms. The second-order valence-electron chi connectivity index (χ2n) is 4.66. The van der Waals surface area contributed by atoms with Gasteiger partial charge >= 0.3 is 0 Å². The zero-order chi connectivity index (χ0) is 14.0. The van der Waals surface area contributed by atoms with Gasteiger partial charge in [0.2, 0.25) is 0 Å². The Morgan fingerprint density at radius 3 is 2.42 bits per heavy atom. The van der Waals surface area contributed by atoms with Crippen LogP contribution in [0.1, 0.15) is 29.6 Å². The van der Waals surface area contributed by atoms with Crippen molar-refractivity contribution in [2.24, 2.45) is 5.92 Å². The summed E-state index contributed by atoms with van der Waals surface area (Å²) in [5, 5.41) is 2.50. The molecule has 2 rings (SSSR count). The quantitative estimate of drug-likeness (QED) is 0.843. The molecular formula is C13H13BrF3NO. The van der Waals surface area contributed by atoms with E-state index in [2.05, 4.69) is 21.2 Å². The van der Waals surface area contributed by atoms with E-state index < -0.39 is 28.9 Å². The minimum Gasteiger partial charge on any atom is -0.352 e. The van der Waals surface area contributed by atoms with Gasteiger partial charge in [0, 0.05) is 23.5 Å². The Bertz CT molecular complexity index is 472. The molecule has 1 saturated carbocycles. The van der Waals surface area contributed by atoms with E-state index in [4.69, 9.17) is 0 Å². The first-order valence-corrected chi connectivity index (χ1v) is 6.97. The maximum Gasteiger partial charge on any atom is 0.257 e. The van der Waals surface area contributed by atoms with E-state index in [9.17, 15) is 18.0 Å². The maximum atomic E-state index is 13.4. The fourth-order valence-electron chi connectivity index (χ4n) is 2.29. The van der Waals surface area contributed by atoms with E-state index in [1.54, 1.807) is 0 Å². The molecule has 0 bridgehead atoms. The topological polar surface area (TPSA) is 29.1 Å². The highest BCUT2D eigenvalue weighted by molar-refractivity contribution is 9.09. The molecule has 0 aliphatic heterocycles. The summed E-state index contributed by atoms with van der Waals surface area (Å²) in [6.07, 6.45) is 3.06. The molecule has 2 atom stereocenters. The summed E-state index contributed by atoms with van der Waals surface area (Å²) in [6, 6.07) is 1.00. The van der Waals surface area contributed by atoms with E-state index in [0.29, 0.717) is 23.5 Å². The van der Waals surface area contributed by atoms with Gasteiger partial charge in [0.1, 0.15) is 23.0 Å². The molecule has 1 aliphatic carbocycles. The summed E-state index contributed by atoms with van der Waals surface area (Å²) in [5.74, 6) is -3.99. The molecule has 0 radical (unpaired) electrons. The van der Waals surface area contributed by atoms with E-state index in [1.165, 1.54) is 0 Å². The van der Waals surface area contributed by atoms with Crippen LogP contribution in [0.15, 0.2) is 12.1 Å². The summed E-state index contributed by atoms with van der Waals surface area (Å²) in [4.78, 5) is 12.0. The molecule has 1 aromatic rings. The van der Waals surface area contributed by atoms with Gasteiger partial charge in [-0.2, -0.15) is 0 Å². The Morgan fingerprint density at radius 1 is 1.26 bits per heavy atom. The van der Waals surface area contributed by atoms with Crippen LogP contribution in [0.2, 0.25) is 0 Å². The van der Waals surface area contributed by atoms with Crippen LogP contribution >= 0.6 is 15.9 Å². The lowest BCUT2D eigenvalue weighted by atomic mass is 10.1. The Morgan fingerprint density at radius 2 is 1.89 bits per heavy atom. The average Bonchev–Trinajstić information content (AvgIpc) is 2.70. The predicted molar refractivity (Wildman–Crippen MR) is 68.7 cm³/mol. The second kappa shape index (κ2) is 5.94. The molecule has 104 valence electrons. The number of rotatable bonds is 3. The molecule has 0 saturated heterocycles. The van der Waals surface area contributed by atoms with Crippen molar-refractivity contribution in [3.8, 4) is 0 Å². The number of benzene rings is 1. The van der Waals surface area contributed by atoms with Gasteiger partial charge in [0.25, 0.3) is 5.91 Å². The third-order valence-corrected chi connectivity index (χ3v) is 4.53. The molecule has 0 spiro atoms. The highest BCUT2D eigenvalue weighted by Crippen LogP contribution is 2.30. The molecule has 1 amide bonds. The molecular weight excluding hydrogens is 323 g/mol. The third kappa shape index (κ3) is 3.29. The SMILES string of the molecule is O=C(NCC1CCCC1Br)c1c(F)cc(F)cc1F. The zero-order valence-electron chi connectivity index (χ0n) is 10.1. The van der Waals surface area contributed by atoms with Crippen molar-refractivity contribution in [2.75, 3.05) is 6.54 Å². The first-order valence-electron chi connectivity index (χ1n) is 6.06. The number of hydrogen-bond acceptors (Lipinski definition) is 1. The van der Waals surface area contributed by atoms with Crippen LogP contribution in [0.5, 0.6) is 0 Å². The summed E-state index contributed by atoms with van der Waals surface area (Å²) in [5.41, 5.74) is -0.731. The number of carbonyl (C=O) groups is 1. The van der Waals surface area contributed by atoms with Gasteiger partial charge in [-0.25, -0.2) is 13.2 Å². The molecule has 1 aromatic carbocycles. The van der Waals surface area contributed by atoms with Gasteiger partial charge in [-0.3, -0.25) is 4.79 Å². The van der Waals surface area contributed by atoms with Gasteiger partial charge in [0.05, 0.1) is 0 Å². The summed E-state index contributed by atoms with van der Waals surface area (Å²) in [7, 11) is 0. The van der Waals surface area contributed by atoms with Crippen LogP contribution in [0.25, 0.3) is 0 Å². The Hall–Kier alpha value is -1.04. The van der Waals surface area contributed by atoms with Gasteiger partial charge in [0.15, 0.2) is 0 Å². The number of hydrogen-bond donors (Lipinski definition) is 1. The summed E-state index contributed by atoms with van der Waals surface area (Å²) >= 11 is 3.50. The van der Waals surface area contributed by atoms with Crippen LogP contribution in [-0.4, -0.2) is 17.3 Å². The lowest BCUT2D eigenvalue weighted by Gasteiger charge is -2.15. The Kier molecular flexibility index (Phi) is 4.50. The lowest BCUT2D eigenvalue weighted by Crippen LogP contribution is -2.32. The maximum absolute atomic E-state index is 13.4. The van der Waals surface area contributed by atoms with Gasteiger partial charge in [-0.15, -0.1) is 0 Å². The van der Waals surface area contributed by atoms with Crippen molar-refractivity contribution < 1.29 is 18.0 Å². The number of amides is 1. The normalized spacial score (nSPS) is 22.5. The summed E-state index contributed by atoms with van der Waals surface area (Å²) in [6.45, 7) is 0.352. The monoisotopic (exact) mass is 335 g/mol. The van der Waals surface area contributed by atoms with Crippen molar-refractivity contribution >= 4 is 21.8 Å². The number of alkyl halides is 1. The third-order valence-electron chi connectivity index (χ3n) is 3.33. The number of carbonyl (C=O) groups excluding carboxylic acids is 1. The van der Waals surface area contributed by atoms with Crippen molar-refractivity contribution in [2.45, 2.75) is 24.1 Å². The Labute approximate surface area is 117 Å². The van der Waals surface area contributed by atoms with Crippen LogP contribution in [0.3, 0.4) is 0 Å². The van der Waals surface area contributed by atoms with Crippen LogP contribution < -0.4 is 5.32 Å². The van der Waals surface area contributed by atoms with E-state index in [1.807, 2.05) is 0 Å². The summed E-state index contributed by atoms with van der Waals surface area (Å²) < 4.78 is 39.5. The largest absolute Gasteiger partial charge is 0.352 e. The molecule has 19 heavy (non-hydrogen) atoms. The molecule has 1 N–H and O–H groups in total. The van der Waals surface area contributed by atoms with E-state index in [0.717, 1.165) is 19.3 Å². The lowest BCUT2D eigenvalue weighted by molar-refractivity contribution is 0.0939. The predicted octanol–water partition coefficient (Wildman–Crippen LogP) is 3.40. The van der Waals surface area contributed by atoms with Gasteiger partial charge < -0.3 is 5.32 Å². The number of nitrogens with one attached hydrogen (secondary N) is 1. The van der Waals surface area contributed by atoms with E-state index in [-0.39, 0.29) is 5.92 Å². The van der Waals surface area contributed by atoms with Gasteiger partial charge in [-0.1, -0.05) is 22.4 Å². The van der Waals surface area contributed by atoms with E-state index >= 15 is 0 Å². The van der Waals surface area contributed by atoms with Crippen LogP contribution in [-0.2, 0) is 0 Å². The smallest absolute Gasteiger partial charge is 0.257 e. The van der Waals surface area contributed by atoms with Crippen molar-refractivity contribution in [1.29, 1.82) is 0 Å². The molecule has 0 aromatic heterocycles. The first-order chi connectivity index (χ1) is 8.99. The number of halogens is 4. The second-order valence-corrected chi connectivity index (χ2v) is 5.84. The average molecular weight is 336 g/mol. The zero-order valence-corrected chi connectivity index (χ0v) is 11.6. The molecule has 0 heterocycles. The van der Waals surface area contributed by atoms with Crippen LogP contribution in [0, 0.1) is 23.4 Å². The highest BCUT2D eigenvalue weighted by atomic mass is 79.9. The van der Waals surface area contributed by atoms with Crippen LogP contribution in [0.4, 0.5) is 13.2 Å². The minimum absolute atomic E-state index is 0.260. The minimum atomic E-state index is -1.18. The standard InChI is InChI=1S/C13H13BrF3NO/c14-9-3-1-2-7(9)6-18-13(19)12-10(16)4-8(15)5-11(12)17/h4-5,7,9H,1-3,6H2,(H,18,19). The molecule has 2 nitrogen and oxygen atoms in total.